The van der Waals surface area contributed by atoms with Gasteiger partial charge >= 0.3 is 0 Å². The molecule has 22 heavy (non-hydrogen) atoms. The van der Waals surface area contributed by atoms with E-state index in [1.807, 2.05) is 0 Å². The summed E-state index contributed by atoms with van der Waals surface area (Å²) in [5.74, 6) is 0.582. The second-order valence-corrected chi connectivity index (χ2v) is 6.61. The molecule has 0 aliphatic carbocycles. The van der Waals surface area contributed by atoms with Gasteiger partial charge in [-0.05, 0) is 30.4 Å². The molecule has 0 bridgehead atoms. The number of para-hydroxylation sites is 1. The first-order valence-corrected chi connectivity index (χ1v) is 8.95. The maximum absolute atomic E-state index is 12.2. The minimum Gasteiger partial charge on any atom is -0.326 e. The minimum absolute atomic E-state index is 0.157. The van der Waals surface area contributed by atoms with Crippen LogP contribution in [-0.2, 0) is 4.79 Å². The monoisotopic (exact) mass is 303 g/mol. The van der Waals surface area contributed by atoms with Gasteiger partial charge in [0.2, 0.25) is 5.91 Å². The van der Waals surface area contributed by atoms with Crippen molar-refractivity contribution >= 4 is 11.6 Å². The highest BCUT2D eigenvalue weighted by atomic mass is 16.1. The molecule has 0 aromatic heterocycles. The quantitative estimate of drug-likeness (QED) is 0.512. The lowest BCUT2D eigenvalue weighted by Crippen LogP contribution is -2.14. The van der Waals surface area contributed by atoms with Gasteiger partial charge in [0.1, 0.15) is 0 Å². The van der Waals surface area contributed by atoms with Crippen molar-refractivity contribution in [3.05, 3.63) is 29.3 Å². The third kappa shape index (κ3) is 6.64. The molecule has 0 fully saturated rings. The van der Waals surface area contributed by atoms with Crippen molar-refractivity contribution in [1.82, 2.24) is 0 Å². The molecule has 124 valence electrons. The molecule has 0 saturated heterocycles. The molecule has 1 amide bonds. The lowest BCUT2D eigenvalue weighted by atomic mass is 9.98. The molecule has 0 spiro atoms. The molecule has 2 nitrogen and oxygen atoms in total. The third-order valence-electron chi connectivity index (χ3n) is 4.20. The zero-order chi connectivity index (χ0) is 16.4. The fraction of sp³-hybridized carbons (Fsp3) is 0.650. The third-order valence-corrected chi connectivity index (χ3v) is 4.20. The van der Waals surface area contributed by atoms with E-state index in [1.165, 1.54) is 44.1 Å². The molecule has 0 atom stereocenters. The van der Waals surface area contributed by atoms with Gasteiger partial charge in [-0.3, -0.25) is 4.79 Å². The number of carbonyl (C=O) groups is 1. The van der Waals surface area contributed by atoms with Crippen LogP contribution in [0.25, 0.3) is 0 Å². The van der Waals surface area contributed by atoms with Crippen LogP contribution >= 0.6 is 0 Å². The lowest BCUT2D eigenvalue weighted by molar-refractivity contribution is -0.116. The van der Waals surface area contributed by atoms with E-state index in [9.17, 15) is 4.79 Å². The topological polar surface area (TPSA) is 29.1 Å². The van der Waals surface area contributed by atoms with Gasteiger partial charge in [-0.25, -0.2) is 0 Å². The van der Waals surface area contributed by atoms with Crippen LogP contribution in [0.4, 0.5) is 5.69 Å². The van der Waals surface area contributed by atoms with Crippen molar-refractivity contribution in [2.24, 2.45) is 0 Å². The van der Waals surface area contributed by atoms with Crippen molar-refractivity contribution in [2.75, 3.05) is 5.32 Å². The number of anilines is 1. The number of hydrogen-bond donors (Lipinski definition) is 1. The molecule has 0 radical (unpaired) electrons. The van der Waals surface area contributed by atoms with E-state index in [2.05, 4.69) is 51.2 Å². The van der Waals surface area contributed by atoms with E-state index in [0.717, 1.165) is 17.7 Å². The molecule has 0 aliphatic heterocycles. The van der Waals surface area contributed by atoms with Crippen LogP contribution in [-0.4, -0.2) is 5.91 Å². The molecular formula is C20H33NO. The summed E-state index contributed by atoms with van der Waals surface area (Å²) in [6, 6.07) is 6.24. The summed E-state index contributed by atoms with van der Waals surface area (Å²) in [5.41, 5.74) is 3.40. The van der Waals surface area contributed by atoms with Crippen molar-refractivity contribution in [3.8, 4) is 0 Å². The first-order chi connectivity index (χ1) is 10.6. The summed E-state index contributed by atoms with van der Waals surface area (Å²) in [6.45, 7) is 8.64. The van der Waals surface area contributed by atoms with Gasteiger partial charge in [0.25, 0.3) is 0 Å². The van der Waals surface area contributed by atoms with Gasteiger partial charge in [-0.15, -0.1) is 0 Å². The molecule has 0 heterocycles. The molecular weight excluding hydrogens is 270 g/mol. The highest BCUT2D eigenvalue weighted by Crippen LogP contribution is 2.27. The highest BCUT2D eigenvalue weighted by Gasteiger charge is 2.11. The maximum atomic E-state index is 12.2. The minimum atomic E-state index is 0.157. The van der Waals surface area contributed by atoms with Gasteiger partial charge in [-0.1, -0.05) is 77.5 Å². The predicted molar refractivity (Wildman–Crippen MR) is 96.5 cm³/mol. The fourth-order valence-electron chi connectivity index (χ4n) is 2.79. The first kappa shape index (κ1) is 18.7. The molecule has 1 N–H and O–H groups in total. The van der Waals surface area contributed by atoms with Crippen molar-refractivity contribution in [2.45, 2.75) is 85.0 Å². The van der Waals surface area contributed by atoms with Crippen LogP contribution in [0, 0.1) is 6.92 Å². The van der Waals surface area contributed by atoms with E-state index in [0.29, 0.717) is 12.3 Å². The molecule has 1 aromatic rings. The van der Waals surface area contributed by atoms with Crippen LogP contribution in [0.3, 0.4) is 0 Å². The number of carbonyl (C=O) groups excluding carboxylic acids is 1. The van der Waals surface area contributed by atoms with Crippen LogP contribution in [0.2, 0.25) is 0 Å². The number of unbranched alkanes of at least 4 members (excludes halogenated alkanes) is 6. The smallest absolute Gasteiger partial charge is 0.224 e. The summed E-state index contributed by atoms with van der Waals surface area (Å²) in [4.78, 5) is 12.2. The average molecular weight is 303 g/mol. The summed E-state index contributed by atoms with van der Waals surface area (Å²) >= 11 is 0. The van der Waals surface area contributed by atoms with Gasteiger partial charge in [0.15, 0.2) is 0 Å². The van der Waals surface area contributed by atoms with Gasteiger partial charge in [-0.2, -0.15) is 0 Å². The Hall–Kier alpha value is -1.31. The number of nitrogens with one attached hydrogen (secondary N) is 1. The van der Waals surface area contributed by atoms with Crippen LogP contribution < -0.4 is 5.32 Å². The second kappa shape index (κ2) is 10.4. The summed E-state index contributed by atoms with van der Waals surface area (Å²) in [6.07, 6.45) is 9.34. The van der Waals surface area contributed by atoms with Crippen LogP contribution in [0.15, 0.2) is 18.2 Å². The number of amides is 1. The Morgan fingerprint density at radius 2 is 1.68 bits per heavy atom. The normalized spacial score (nSPS) is 11.0. The summed E-state index contributed by atoms with van der Waals surface area (Å²) in [7, 11) is 0. The Labute approximate surface area is 136 Å². The molecule has 2 heteroatoms. The molecule has 0 aliphatic rings. The van der Waals surface area contributed by atoms with E-state index in [1.54, 1.807) is 0 Å². The fourth-order valence-corrected chi connectivity index (χ4v) is 2.79. The number of rotatable bonds is 10. The van der Waals surface area contributed by atoms with Gasteiger partial charge < -0.3 is 5.32 Å². The molecule has 0 saturated carbocycles. The summed E-state index contributed by atoms with van der Waals surface area (Å²) in [5, 5.41) is 3.13. The van der Waals surface area contributed by atoms with E-state index in [-0.39, 0.29) is 5.91 Å². The Morgan fingerprint density at radius 3 is 2.32 bits per heavy atom. The zero-order valence-corrected chi connectivity index (χ0v) is 14.9. The van der Waals surface area contributed by atoms with Gasteiger partial charge in [0.05, 0.1) is 0 Å². The lowest BCUT2D eigenvalue weighted by Gasteiger charge is -2.16. The van der Waals surface area contributed by atoms with E-state index < -0.39 is 0 Å². The summed E-state index contributed by atoms with van der Waals surface area (Å²) < 4.78 is 0. The number of benzene rings is 1. The largest absolute Gasteiger partial charge is 0.326 e. The molecule has 1 rings (SSSR count). The Bertz CT molecular complexity index is 451. The Morgan fingerprint density at radius 1 is 1.05 bits per heavy atom. The number of hydrogen-bond acceptors (Lipinski definition) is 1. The molecule has 1 aromatic carbocycles. The highest BCUT2D eigenvalue weighted by molar-refractivity contribution is 5.92. The zero-order valence-electron chi connectivity index (χ0n) is 14.9. The van der Waals surface area contributed by atoms with Crippen molar-refractivity contribution < 1.29 is 4.79 Å². The van der Waals surface area contributed by atoms with Gasteiger partial charge in [0, 0.05) is 12.1 Å². The van der Waals surface area contributed by atoms with E-state index >= 15 is 0 Å². The average Bonchev–Trinajstić information content (AvgIpc) is 2.48. The predicted octanol–water partition coefficient (Wildman–Crippen LogP) is 6.20. The first-order valence-electron chi connectivity index (χ1n) is 8.95. The van der Waals surface area contributed by atoms with Crippen molar-refractivity contribution in [3.63, 3.8) is 0 Å². The molecule has 0 unspecified atom stereocenters. The van der Waals surface area contributed by atoms with Crippen LogP contribution in [0.5, 0.6) is 0 Å². The SMILES string of the molecule is CCCCCCCCCC(=O)Nc1c(C)cccc1C(C)C. The van der Waals surface area contributed by atoms with E-state index in [4.69, 9.17) is 0 Å². The Balaban J connectivity index is 2.37. The standard InChI is InChI=1S/C20H33NO/c1-5-6-7-8-9-10-11-15-19(22)21-20-17(4)13-12-14-18(20)16(2)3/h12-14,16H,5-11,15H2,1-4H3,(H,21,22). The second-order valence-electron chi connectivity index (χ2n) is 6.61. The Kier molecular flexibility index (Phi) is 8.88. The number of aryl methyl sites for hydroxylation is 1. The maximum Gasteiger partial charge on any atom is 0.224 e. The van der Waals surface area contributed by atoms with Crippen LogP contribution in [0.1, 0.15) is 89.2 Å². The van der Waals surface area contributed by atoms with Crippen molar-refractivity contribution in [1.29, 1.82) is 0 Å².